The standard InChI is InChI=1S/C17H19NO3/c1-13-6-2-4-8-15(13)17(20)18-12-14-7-3-5-9-16(14)21-11-10-19/h2-9,19H,10-12H2,1H3,(H,18,20). The average molecular weight is 285 g/mol. The third-order valence-electron chi connectivity index (χ3n) is 3.15. The fourth-order valence-corrected chi connectivity index (χ4v) is 2.04. The van der Waals surface area contributed by atoms with Crippen molar-refractivity contribution < 1.29 is 14.6 Å². The van der Waals surface area contributed by atoms with Crippen LogP contribution in [0.1, 0.15) is 21.5 Å². The van der Waals surface area contributed by atoms with Crippen LogP contribution in [0.4, 0.5) is 0 Å². The third-order valence-corrected chi connectivity index (χ3v) is 3.15. The largest absolute Gasteiger partial charge is 0.491 e. The molecule has 21 heavy (non-hydrogen) atoms. The van der Waals surface area contributed by atoms with Crippen LogP contribution in [0.15, 0.2) is 48.5 Å². The van der Waals surface area contributed by atoms with Crippen LogP contribution < -0.4 is 10.1 Å². The molecule has 0 saturated carbocycles. The van der Waals surface area contributed by atoms with E-state index in [0.29, 0.717) is 17.9 Å². The van der Waals surface area contributed by atoms with E-state index in [1.165, 1.54) is 0 Å². The highest BCUT2D eigenvalue weighted by Gasteiger charge is 2.09. The summed E-state index contributed by atoms with van der Waals surface area (Å²) < 4.78 is 5.45. The number of carbonyl (C=O) groups is 1. The van der Waals surface area contributed by atoms with Gasteiger partial charge in [0.25, 0.3) is 5.91 Å². The van der Waals surface area contributed by atoms with Crippen molar-refractivity contribution in [3.05, 3.63) is 65.2 Å². The van der Waals surface area contributed by atoms with Gasteiger partial charge in [0.2, 0.25) is 0 Å². The predicted molar refractivity (Wildman–Crippen MR) is 81.4 cm³/mol. The number of aliphatic hydroxyl groups excluding tert-OH is 1. The second-order valence-corrected chi connectivity index (χ2v) is 4.68. The predicted octanol–water partition coefficient (Wildman–Crippen LogP) is 2.30. The number of aryl methyl sites for hydroxylation is 1. The van der Waals surface area contributed by atoms with E-state index in [2.05, 4.69) is 5.32 Å². The van der Waals surface area contributed by atoms with Gasteiger partial charge in [0.1, 0.15) is 12.4 Å². The number of benzene rings is 2. The lowest BCUT2D eigenvalue weighted by atomic mass is 10.1. The normalized spacial score (nSPS) is 10.2. The van der Waals surface area contributed by atoms with Crippen LogP contribution in [-0.4, -0.2) is 24.2 Å². The Balaban J connectivity index is 2.03. The highest BCUT2D eigenvalue weighted by Crippen LogP contribution is 2.18. The minimum atomic E-state index is -0.106. The summed E-state index contributed by atoms with van der Waals surface area (Å²) in [5.41, 5.74) is 2.50. The lowest BCUT2D eigenvalue weighted by Crippen LogP contribution is -2.24. The van der Waals surface area contributed by atoms with Gasteiger partial charge in [-0.3, -0.25) is 4.79 Å². The molecule has 110 valence electrons. The maximum atomic E-state index is 12.2. The highest BCUT2D eigenvalue weighted by atomic mass is 16.5. The molecule has 0 bridgehead atoms. The summed E-state index contributed by atoms with van der Waals surface area (Å²) in [7, 11) is 0. The Kier molecular flexibility index (Phi) is 5.35. The Morgan fingerprint density at radius 1 is 1.14 bits per heavy atom. The van der Waals surface area contributed by atoms with Gasteiger partial charge in [0.15, 0.2) is 0 Å². The maximum Gasteiger partial charge on any atom is 0.251 e. The van der Waals surface area contributed by atoms with Crippen LogP contribution in [0.3, 0.4) is 0 Å². The molecule has 0 spiro atoms. The van der Waals surface area contributed by atoms with Crippen molar-refractivity contribution in [3.63, 3.8) is 0 Å². The molecule has 4 heteroatoms. The number of ether oxygens (including phenoxy) is 1. The zero-order chi connectivity index (χ0) is 15.1. The topological polar surface area (TPSA) is 58.6 Å². The van der Waals surface area contributed by atoms with Gasteiger partial charge >= 0.3 is 0 Å². The monoisotopic (exact) mass is 285 g/mol. The first-order chi connectivity index (χ1) is 10.2. The first-order valence-electron chi connectivity index (χ1n) is 6.87. The summed E-state index contributed by atoms with van der Waals surface area (Å²) in [6.45, 7) is 2.49. The molecule has 0 fully saturated rings. The van der Waals surface area contributed by atoms with Crippen LogP contribution in [0.25, 0.3) is 0 Å². The molecule has 0 heterocycles. The van der Waals surface area contributed by atoms with Crippen LogP contribution in [0.2, 0.25) is 0 Å². The van der Waals surface area contributed by atoms with Gasteiger partial charge in [0.05, 0.1) is 6.61 Å². The van der Waals surface area contributed by atoms with Crippen molar-refractivity contribution >= 4 is 5.91 Å². The van der Waals surface area contributed by atoms with E-state index in [0.717, 1.165) is 11.1 Å². The van der Waals surface area contributed by atoms with Gasteiger partial charge in [-0.05, 0) is 24.6 Å². The smallest absolute Gasteiger partial charge is 0.251 e. The van der Waals surface area contributed by atoms with E-state index in [1.54, 1.807) is 6.07 Å². The average Bonchev–Trinajstić information content (AvgIpc) is 2.52. The summed E-state index contributed by atoms with van der Waals surface area (Å²) in [6.07, 6.45) is 0. The summed E-state index contributed by atoms with van der Waals surface area (Å²) >= 11 is 0. The van der Waals surface area contributed by atoms with Gasteiger partial charge in [-0.15, -0.1) is 0 Å². The molecule has 1 amide bonds. The fourth-order valence-electron chi connectivity index (χ4n) is 2.04. The van der Waals surface area contributed by atoms with E-state index >= 15 is 0 Å². The molecule has 0 aromatic heterocycles. The molecule has 2 N–H and O–H groups in total. The Bertz CT molecular complexity index is 610. The molecule has 0 aliphatic rings. The molecule has 0 aliphatic carbocycles. The van der Waals surface area contributed by atoms with E-state index in [4.69, 9.17) is 9.84 Å². The van der Waals surface area contributed by atoms with Crippen molar-refractivity contribution in [2.75, 3.05) is 13.2 Å². The SMILES string of the molecule is Cc1ccccc1C(=O)NCc1ccccc1OCCO. The molecular formula is C17H19NO3. The number of nitrogens with one attached hydrogen (secondary N) is 1. The first kappa shape index (κ1) is 15.1. The number of rotatable bonds is 6. The van der Waals surface area contributed by atoms with Gasteiger partial charge in [-0.2, -0.15) is 0 Å². The fraction of sp³-hybridized carbons (Fsp3) is 0.235. The molecule has 0 aliphatic heterocycles. The zero-order valence-corrected chi connectivity index (χ0v) is 12.0. The van der Waals surface area contributed by atoms with E-state index in [1.807, 2.05) is 49.4 Å². The zero-order valence-electron chi connectivity index (χ0n) is 12.0. The van der Waals surface area contributed by atoms with Gasteiger partial charge in [0, 0.05) is 17.7 Å². The molecule has 0 saturated heterocycles. The summed E-state index contributed by atoms with van der Waals surface area (Å²) in [4.78, 5) is 12.2. The van der Waals surface area contributed by atoms with E-state index in [9.17, 15) is 4.79 Å². The second-order valence-electron chi connectivity index (χ2n) is 4.68. The van der Waals surface area contributed by atoms with Crippen LogP contribution in [-0.2, 0) is 6.54 Å². The number of carbonyl (C=O) groups excluding carboxylic acids is 1. The number of hydrogen-bond donors (Lipinski definition) is 2. The second kappa shape index (κ2) is 7.45. The Morgan fingerprint density at radius 3 is 2.62 bits per heavy atom. The molecule has 0 unspecified atom stereocenters. The molecule has 4 nitrogen and oxygen atoms in total. The number of amides is 1. The van der Waals surface area contributed by atoms with Crippen LogP contribution >= 0.6 is 0 Å². The van der Waals surface area contributed by atoms with Crippen LogP contribution in [0, 0.1) is 6.92 Å². The van der Waals surface area contributed by atoms with Crippen LogP contribution in [0.5, 0.6) is 5.75 Å². The minimum absolute atomic E-state index is 0.0378. The van der Waals surface area contributed by atoms with Crippen molar-refractivity contribution in [1.29, 1.82) is 0 Å². The van der Waals surface area contributed by atoms with E-state index in [-0.39, 0.29) is 19.1 Å². The van der Waals surface area contributed by atoms with E-state index < -0.39 is 0 Å². The van der Waals surface area contributed by atoms with Gasteiger partial charge in [-0.25, -0.2) is 0 Å². The molecule has 2 rings (SSSR count). The first-order valence-corrected chi connectivity index (χ1v) is 6.87. The van der Waals surface area contributed by atoms with Crippen molar-refractivity contribution in [2.24, 2.45) is 0 Å². The molecule has 0 radical (unpaired) electrons. The highest BCUT2D eigenvalue weighted by molar-refractivity contribution is 5.95. The number of aliphatic hydroxyl groups is 1. The molecule has 0 atom stereocenters. The Morgan fingerprint density at radius 2 is 1.86 bits per heavy atom. The molecular weight excluding hydrogens is 266 g/mol. The van der Waals surface area contributed by atoms with Crippen molar-refractivity contribution in [2.45, 2.75) is 13.5 Å². The summed E-state index contributed by atoms with van der Waals surface area (Å²) in [5.74, 6) is 0.571. The van der Waals surface area contributed by atoms with Crippen molar-refractivity contribution in [3.8, 4) is 5.75 Å². The lowest BCUT2D eigenvalue weighted by Gasteiger charge is -2.12. The number of para-hydroxylation sites is 1. The molecule has 2 aromatic carbocycles. The van der Waals surface area contributed by atoms with Gasteiger partial charge in [-0.1, -0.05) is 36.4 Å². The Hall–Kier alpha value is -2.33. The summed E-state index contributed by atoms with van der Waals surface area (Å²) in [6, 6.07) is 14.9. The minimum Gasteiger partial charge on any atom is -0.491 e. The lowest BCUT2D eigenvalue weighted by molar-refractivity contribution is 0.0950. The van der Waals surface area contributed by atoms with Gasteiger partial charge < -0.3 is 15.2 Å². The quantitative estimate of drug-likeness (QED) is 0.856. The third kappa shape index (κ3) is 4.07. The number of hydrogen-bond acceptors (Lipinski definition) is 3. The maximum absolute atomic E-state index is 12.2. The summed E-state index contributed by atoms with van der Waals surface area (Å²) in [5, 5.41) is 11.7. The molecule has 2 aromatic rings. The Labute approximate surface area is 124 Å². The van der Waals surface area contributed by atoms with Crippen molar-refractivity contribution in [1.82, 2.24) is 5.32 Å².